The van der Waals surface area contributed by atoms with Gasteiger partial charge in [-0.25, -0.2) is 0 Å². The number of aromatic nitrogens is 2. The molecule has 124 valence electrons. The normalized spacial score (nSPS) is 13.6. The lowest BCUT2D eigenvalue weighted by molar-refractivity contribution is -0.0168. The van der Waals surface area contributed by atoms with Crippen LogP contribution in [0.5, 0.6) is 5.75 Å². The molecule has 0 radical (unpaired) electrons. The number of benzene rings is 1. The van der Waals surface area contributed by atoms with E-state index in [1.165, 1.54) is 11.8 Å². The van der Waals surface area contributed by atoms with Gasteiger partial charge in [0.2, 0.25) is 0 Å². The number of hydrogen-bond donors (Lipinski definition) is 0. The number of halogens is 1. The number of hydrogen-bond acceptors (Lipinski definition) is 7. The number of nitrogens with zero attached hydrogens (tertiary/aromatic N) is 2. The third-order valence-corrected chi connectivity index (χ3v) is 4.68. The Balaban J connectivity index is 1.53. The van der Waals surface area contributed by atoms with Crippen LogP contribution in [0.15, 0.2) is 38.5 Å². The zero-order chi connectivity index (χ0) is 16.5. The molecule has 0 saturated carbocycles. The van der Waals surface area contributed by atoms with Gasteiger partial charge in [-0.05, 0) is 25.1 Å². The van der Waals surface area contributed by atoms with E-state index >= 15 is 0 Å². The van der Waals surface area contributed by atoms with Crippen LogP contribution in [0.3, 0.4) is 0 Å². The SMILES string of the molecule is Cc1occc1-c1nnc(SCc2cc(Cl)cc3c2OCOC3)o1. The molecule has 4 rings (SSSR count). The molecule has 0 amide bonds. The van der Waals surface area contributed by atoms with E-state index in [0.29, 0.717) is 28.5 Å². The molecule has 3 heterocycles. The number of furan rings is 1. The Bertz CT molecular complexity index is 877. The van der Waals surface area contributed by atoms with E-state index in [1.807, 2.05) is 19.1 Å². The van der Waals surface area contributed by atoms with Crippen molar-refractivity contribution in [2.24, 2.45) is 0 Å². The number of thioether (sulfide) groups is 1. The van der Waals surface area contributed by atoms with E-state index in [0.717, 1.165) is 28.2 Å². The van der Waals surface area contributed by atoms with Gasteiger partial charge in [0.1, 0.15) is 11.5 Å². The summed E-state index contributed by atoms with van der Waals surface area (Å²) < 4.78 is 21.8. The third kappa shape index (κ3) is 3.02. The highest BCUT2D eigenvalue weighted by Gasteiger charge is 2.18. The molecule has 24 heavy (non-hydrogen) atoms. The monoisotopic (exact) mass is 364 g/mol. The largest absolute Gasteiger partial charge is 0.469 e. The highest BCUT2D eigenvalue weighted by Crippen LogP contribution is 2.36. The quantitative estimate of drug-likeness (QED) is 0.633. The van der Waals surface area contributed by atoms with Gasteiger partial charge in [0, 0.05) is 21.9 Å². The van der Waals surface area contributed by atoms with Crippen molar-refractivity contribution in [3.8, 4) is 17.2 Å². The van der Waals surface area contributed by atoms with E-state index in [1.54, 1.807) is 12.3 Å². The molecule has 1 aromatic carbocycles. The molecule has 0 saturated heterocycles. The summed E-state index contributed by atoms with van der Waals surface area (Å²) in [5.74, 6) is 2.62. The Morgan fingerprint density at radius 1 is 1.29 bits per heavy atom. The van der Waals surface area contributed by atoms with Gasteiger partial charge in [-0.3, -0.25) is 0 Å². The topological polar surface area (TPSA) is 70.5 Å². The lowest BCUT2D eigenvalue weighted by Crippen LogP contribution is -2.12. The standard InChI is InChI=1S/C16H13ClN2O4S/c1-9-13(2-3-21-9)15-18-19-16(23-15)24-7-11-5-12(17)4-10-6-20-8-22-14(10)11/h2-5H,6-8H2,1H3. The van der Waals surface area contributed by atoms with Crippen LogP contribution < -0.4 is 4.74 Å². The minimum atomic E-state index is 0.247. The third-order valence-electron chi connectivity index (χ3n) is 3.60. The number of aryl methyl sites for hydroxylation is 1. The van der Waals surface area contributed by atoms with E-state index in [4.69, 9.17) is 29.9 Å². The molecule has 1 aliphatic rings. The van der Waals surface area contributed by atoms with Crippen LogP contribution in [0, 0.1) is 6.92 Å². The summed E-state index contributed by atoms with van der Waals surface area (Å²) in [6.07, 6.45) is 1.60. The predicted molar refractivity (Wildman–Crippen MR) is 88.0 cm³/mol. The number of ether oxygens (including phenoxy) is 2. The zero-order valence-corrected chi connectivity index (χ0v) is 14.3. The van der Waals surface area contributed by atoms with Gasteiger partial charge in [-0.15, -0.1) is 10.2 Å². The molecule has 0 spiro atoms. The van der Waals surface area contributed by atoms with Crippen molar-refractivity contribution in [1.29, 1.82) is 0 Å². The first-order valence-corrected chi connectivity index (χ1v) is 8.59. The zero-order valence-electron chi connectivity index (χ0n) is 12.7. The molecule has 3 aromatic rings. The van der Waals surface area contributed by atoms with E-state index in [9.17, 15) is 0 Å². The van der Waals surface area contributed by atoms with Gasteiger partial charge in [0.15, 0.2) is 6.79 Å². The summed E-state index contributed by atoms with van der Waals surface area (Å²) in [7, 11) is 0. The second-order valence-corrected chi connectivity index (χ2v) is 6.58. The van der Waals surface area contributed by atoms with Gasteiger partial charge >= 0.3 is 0 Å². The molecule has 0 atom stereocenters. The average molecular weight is 365 g/mol. The fourth-order valence-corrected chi connectivity index (χ4v) is 3.48. The fraction of sp³-hybridized carbons (Fsp3) is 0.250. The molecule has 6 nitrogen and oxygen atoms in total. The van der Waals surface area contributed by atoms with Crippen molar-refractivity contribution in [2.45, 2.75) is 24.5 Å². The maximum absolute atomic E-state index is 6.17. The number of rotatable bonds is 4. The highest BCUT2D eigenvalue weighted by atomic mass is 35.5. The molecule has 2 aromatic heterocycles. The Hall–Kier alpha value is -1.96. The van der Waals surface area contributed by atoms with Crippen LogP contribution in [0.25, 0.3) is 11.5 Å². The van der Waals surface area contributed by atoms with Crippen LogP contribution in [-0.2, 0) is 17.1 Å². The van der Waals surface area contributed by atoms with E-state index in [-0.39, 0.29) is 6.79 Å². The van der Waals surface area contributed by atoms with Crippen LogP contribution >= 0.6 is 23.4 Å². The van der Waals surface area contributed by atoms with Gasteiger partial charge in [0.05, 0.1) is 18.4 Å². The Kier molecular flexibility index (Phi) is 4.22. The molecule has 0 unspecified atom stereocenters. The first-order valence-electron chi connectivity index (χ1n) is 7.23. The molecule has 8 heteroatoms. The van der Waals surface area contributed by atoms with E-state index < -0.39 is 0 Å². The maximum atomic E-state index is 6.17. The van der Waals surface area contributed by atoms with Crippen molar-refractivity contribution in [3.63, 3.8) is 0 Å². The van der Waals surface area contributed by atoms with Gasteiger partial charge in [-0.1, -0.05) is 23.4 Å². The Morgan fingerprint density at radius 3 is 3.04 bits per heavy atom. The van der Waals surface area contributed by atoms with Crippen molar-refractivity contribution in [3.05, 3.63) is 46.4 Å². The van der Waals surface area contributed by atoms with Crippen molar-refractivity contribution >= 4 is 23.4 Å². The van der Waals surface area contributed by atoms with Crippen LogP contribution in [0.4, 0.5) is 0 Å². The Labute approximate surface area is 147 Å². The summed E-state index contributed by atoms with van der Waals surface area (Å²) >= 11 is 7.60. The van der Waals surface area contributed by atoms with Crippen molar-refractivity contribution in [2.75, 3.05) is 6.79 Å². The maximum Gasteiger partial charge on any atom is 0.277 e. The smallest absolute Gasteiger partial charge is 0.277 e. The lowest BCUT2D eigenvalue weighted by Gasteiger charge is -2.20. The molecule has 0 aliphatic carbocycles. The molecular weight excluding hydrogens is 352 g/mol. The Morgan fingerprint density at radius 2 is 2.21 bits per heavy atom. The summed E-state index contributed by atoms with van der Waals surface area (Å²) in [5.41, 5.74) is 2.73. The molecule has 0 N–H and O–H groups in total. The summed E-state index contributed by atoms with van der Waals surface area (Å²) in [5, 5.41) is 9.26. The molecule has 0 fully saturated rings. The first kappa shape index (κ1) is 15.6. The second-order valence-electron chi connectivity index (χ2n) is 5.22. The van der Waals surface area contributed by atoms with E-state index in [2.05, 4.69) is 10.2 Å². The lowest BCUT2D eigenvalue weighted by atomic mass is 10.1. The summed E-state index contributed by atoms with van der Waals surface area (Å²) in [6.45, 7) is 2.60. The first-order chi connectivity index (χ1) is 11.7. The summed E-state index contributed by atoms with van der Waals surface area (Å²) in [4.78, 5) is 0. The highest BCUT2D eigenvalue weighted by molar-refractivity contribution is 7.98. The van der Waals surface area contributed by atoms with Gasteiger partial charge in [-0.2, -0.15) is 0 Å². The van der Waals surface area contributed by atoms with Crippen LogP contribution in [0.1, 0.15) is 16.9 Å². The van der Waals surface area contributed by atoms with Crippen LogP contribution in [0.2, 0.25) is 5.02 Å². The van der Waals surface area contributed by atoms with Crippen molar-refractivity contribution in [1.82, 2.24) is 10.2 Å². The molecule has 1 aliphatic heterocycles. The van der Waals surface area contributed by atoms with Crippen LogP contribution in [-0.4, -0.2) is 17.0 Å². The predicted octanol–water partition coefficient (Wildman–Crippen LogP) is 4.45. The minimum Gasteiger partial charge on any atom is -0.469 e. The summed E-state index contributed by atoms with van der Waals surface area (Å²) in [6, 6.07) is 5.55. The molecular formula is C16H13ClN2O4S. The number of fused-ring (bicyclic) bond motifs is 1. The average Bonchev–Trinajstić information content (AvgIpc) is 3.21. The molecule has 0 bridgehead atoms. The van der Waals surface area contributed by atoms with Gasteiger partial charge < -0.3 is 18.3 Å². The van der Waals surface area contributed by atoms with Crippen molar-refractivity contribution < 1.29 is 18.3 Å². The fourth-order valence-electron chi connectivity index (χ4n) is 2.49. The van der Waals surface area contributed by atoms with Gasteiger partial charge in [0.25, 0.3) is 11.1 Å². The second kappa shape index (κ2) is 6.51. The minimum absolute atomic E-state index is 0.247.